The standard InChI is InChI=1S/C22H31NO2/c24-21(22(13-5-6-14-22)19-10-2-1-3-11-19)25-17-18-9-8-16-23-15-7-4-12-20(18)23/h1-3,10-11,18,20H,4-9,12-17H2/t18-,20-/m0/s1. The summed E-state index contributed by atoms with van der Waals surface area (Å²) in [7, 11) is 0. The molecule has 1 saturated carbocycles. The van der Waals surface area contributed by atoms with E-state index >= 15 is 0 Å². The molecule has 3 fully saturated rings. The van der Waals surface area contributed by atoms with E-state index in [-0.39, 0.29) is 11.4 Å². The van der Waals surface area contributed by atoms with Crippen molar-refractivity contribution >= 4 is 5.97 Å². The number of hydrogen-bond donors (Lipinski definition) is 0. The SMILES string of the molecule is O=C(OC[C@@H]1CCCN2CCCC[C@@H]12)C1(c2ccccc2)CCCC1. The molecule has 4 rings (SSSR count). The van der Waals surface area contributed by atoms with Gasteiger partial charge >= 0.3 is 5.97 Å². The van der Waals surface area contributed by atoms with Crippen molar-refractivity contribution in [2.45, 2.75) is 69.2 Å². The fourth-order valence-corrected chi connectivity index (χ4v) is 5.44. The van der Waals surface area contributed by atoms with E-state index in [1.807, 2.05) is 18.2 Å². The van der Waals surface area contributed by atoms with Crippen LogP contribution in [0.4, 0.5) is 0 Å². The van der Waals surface area contributed by atoms with E-state index < -0.39 is 0 Å². The zero-order valence-corrected chi connectivity index (χ0v) is 15.3. The highest BCUT2D eigenvalue weighted by Crippen LogP contribution is 2.42. The third-order valence-corrected chi connectivity index (χ3v) is 6.83. The number of fused-ring (bicyclic) bond motifs is 1. The van der Waals surface area contributed by atoms with Crippen molar-refractivity contribution in [1.29, 1.82) is 0 Å². The molecule has 2 atom stereocenters. The smallest absolute Gasteiger partial charge is 0.316 e. The molecular weight excluding hydrogens is 310 g/mol. The first kappa shape index (κ1) is 17.1. The molecule has 3 heteroatoms. The summed E-state index contributed by atoms with van der Waals surface area (Å²) in [6.45, 7) is 3.10. The number of benzene rings is 1. The van der Waals surface area contributed by atoms with Crippen LogP contribution in [0.5, 0.6) is 0 Å². The Balaban J connectivity index is 1.44. The van der Waals surface area contributed by atoms with Crippen molar-refractivity contribution in [3.8, 4) is 0 Å². The average Bonchev–Trinajstić information content (AvgIpc) is 3.18. The van der Waals surface area contributed by atoms with E-state index in [9.17, 15) is 4.79 Å². The lowest BCUT2D eigenvalue weighted by Gasteiger charge is -2.44. The molecule has 3 nitrogen and oxygen atoms in total. The fraction of sp³-hybridized carbons (Fsp3) is 0.682. The molecule has 2 heterocycles. The molecule has 0 bridgehead atoms. The molecule has 1 aromatic rings. The van der Waals surface area contributed by atoms with Crippen LogP contribution in [0.1, 0.15) is 63.4 Å². The Morgan fingerprint density at radius 2 is 1.76 bits per heavy atom. The largest absolute Gasteiger partial charge is 0.465 e. The summed E-state index contributed by atoms with van der Waals surface area (Å²) < 4.78 is 6.01. The van der Waals surface area contributed by atoms with E-state index in [0.717, 1.165) is 31.2 Å². The maximum Gasteiger partial charge on any atom is 0.316 e. The zero-order valence-electron chi connectivity index (χ0n) is 15.3. The lowest BCUT2D eigenvalue weighted by atomic mass is 9.79. The van der Waals surface area contributed by atoms with Gasteiger partial charge in [-0.05, 0) is 57.2 Å². The van der Waals surface area contributed by atoms with Gasteiger partial charge in [0.15, 0.2) is 0 Å². The van der Waals surface area contributed by atoms with E-state index in [0.29, 0.717) is 18.6 Å². The first-order valence-corrected chi connectivity index (χ1v) is 10.3. The summed E-state index contributed by atoms with van der Waals surface area (Å²) in [4.78, 5) is 15.8. The number of carbonyl (C=O) groups excluding carboxylic acids is 1. The normalized spacial score (nSPS) is 29.1. The van der Waals surface area contributed by atoms with Gasteiger partial charge in [-0.25, -0.2) is 0 Å². The molecule has 1 aromatic carbocycles. The zero-order chi connectivity index (χ0) is 17.1. The third-order valence-electron chi connectivity index (χ3n) is 6.83. The van der Waals surface area contributed by atoms with Gasteiger partial charge in [0, 0.05) is 12.0 Å². The summed E-state index contributed by atoms with van der Waals surface area (Å²) in [5.41, 5.74) is 0.766. The van der Waals surface area contributed by atoms with Crippen molar-refractivity contribution in [3.63, 3.8) is 0 Å². The highest BCUT2D eigenvalue weighted by Gasteiger charge is 2.44. The summed E-state index contributed by atoms with van der Waals surface area (Å²) in [5.74, 6) is 0.566. The fourth-order valence-electron chi connectivity index (χ4n) is 5.44. The second-order valence-corrected chi connectivity index (χ2v) is 8.26. The van der Waals surface area contributed by atoms with Crippen molar-refractivity contribution in [2.75, 3.05) is 19.7 Å². The van der Waals surface area contributed by atoms with Crippen LogP contribution in [0.15, 0.2) is 30.3 Å². The van der Waals surface area contributed by atoms with Crippen molar-refractivity contribution in [1.82, 2.24) is 4.90 Å². The number of nitrogens with zero attached hydrogens (tertiary/aromatic N) is 1. The lowest BCUT2D eigenvalue weighted by Crippen LogP contribution is -2.49. The second-order valence-electron chi connectivity index (χ2n) is 8.26. The Morgan fingerprint density at radius 1 is 1.00 bits per heavy atom. The predicted octanol–water partition coefficient (Wildman–Crippen LogP) is 4.31. The van der Waals surface area contributed by atoms with Gasteiger partial charge in [-0.1, -0.05) is 49.6 Å². The quantitative estimate of drug-likeness (QED) is 0.765. The van der Waals surface area contributed by atoms with Gasteiger partial charge < -0.3 is 4.74 Å². The minimum absolute atomic E-state index is 0.0316. The van der Waals surface area contributed by atoms with Crippen LogP contribution in [-0.2, 0) is 14.9 Å². The van der Waals surface area contributed by atoms with Crippen LogP contribution < -0.4 is 0 Å². The maximum atomic E-state index is 13.1. The van der Waals surface area contributed by atoms with Crippen molar-refractivity contribution in [2.24, 2.45) is 5.92 Å². The molecule has 0 aromatic heterocycles. The molecular formula is C22H31NO2. The molecule has 0 amide bonds. The molecule has 2 saturated heterocycles. The summed E-state index contributed by atoms with van der Waals surface area (Å²) in [6, 6.07) is 11.0. The van der Waals surface area contributed by atoms with Gasteiger partial charge in [-0.2, -0.15) is 0 Å². The van der Waals surface area contributed by atoms with E-state index in [1.165, 1.54) is 45.2 Å². The predicted molar refractivity (Wildman–Crippen MR) is 99.5 cm³/mol. The summed E-state index contributed by atoms with van der Waals surface area (Å²) in [5, 5.41) is 0. The van der Waals surface area contributed by atoms with Crippen LogP contribution in [0.2, 0.25) is 0 Å². The number of rotatable bonds is 4. The van der Waals surface area contributed by atoms with Gasteiger partial charge in [0.2, 0.25) is 0 Å². The number of ether oxygens (including phenoxy) is 1. The minimum atomic E-state index is -0.387. The van der Waals surface area contributed by atoms with E-state index in [4.69, 9.17) is 4.74 Å². The van der Waals surface area contributed by atoms with Gasteiger partial charge in [0.25, 0.3) is 0 Å². The molecule has 0 spiro atoms. The highest BCUT2D eigenvalue weighted by molar-refractivity contribution is 5.83. The maximum absolute atomic E-state index is 13.1. The molecule has 136 valence electrons. The topological polar surface area (TPSA) is 29.5 Å². The van der Waals surface area contributed by atoms with E-state index in [1.54, 1.807) is 0 Å². The monoisotopic (exact) mass is 341 g/mol. The molecule has 3 aliphatic rings. The van der Waals surface area contributed by atoms with Crippen LogP contribution >= 0.6 is 0 Å². The Bertz CT molecular complexity index is 577. The number of esters is 1. The van der Waals surface area contributed by atoms with Crippen molar-refractivity contribution < 1.29 is 9.53 Å². The van der Waals surface area contributed by atoms with E-state index in [2.05, 4.69) is 17.0 Å². The van der Waals surface area contributed by atoms with Gasteiger partial charge in [0.1, 0.15) is 0 Å². The Morgan fingerprint density at radius 3 is 2.56 bits per heavy atom. The number of carbonyl (C=O) groups is 1. The van der Waals surface area contributed by atoms with Crippen LogP contribution in [0, 0.1) is 5.92 Å². The average molecular weight is 341 g/mol. The third kappa shape index (κ3) is 3.36. The lowest BCUT2D eigenvalue weighted by molar-refractivity contribution is -0.153. The molecule has 2 aliphatic heterocycles. The molecule has 1 aliphatic carbocycles. The first-order chi connectivity index (χ1) is 12.3. The molecule has 25 heavy (non-hydrogen) atoms. The highest BCUT2D eigenvalue weighted by atomic mass is 16.5. The van der Waals surface area contributed by atoms with Crippen LogP contribution in [0.3, 0.4) is 0 Å². The minimum Gasteiger partial charge on any atom is -0.465 e. The van der Waals surface area contributed by atoms with Gasteiger partial charge in [0.05, 0.1) is 12.0 Å². The Kier molecular flexibility index (Phi) is 5.12. The molecule has 0 unspecified atom stereocenters. The van der Waals surface area contributed by atoms with Gasteiger partial charge in [-0.15, -0.1) is 0 Å². The first-order valence-electron chi connectivity index (χ1n) is 10.3. The van der Waals surface area contributed by atoms with Crippen molar-refractivity contribution in [3.05, 3.63) is 35.9 Å². The van der Waals surface area contributed by atoms with Crippen LogP contribution in [-0.4, -0.2) is 36.6 Å². The Labute approximate surface area is 151 Å². The second kappa shape index (κ2) is 7.49. The molecule has 0 radical (unpaired) electrons. The van der Waals surface area contributed by atoms with Crippen LogP contribution in [0.25, 0.3) is 0 Å². The summed E-state index contributed by atoms with van der Waals surface area (Å²) in [6.07, 6.45) is 10.6. The number of piperidine rings is 2. The van der Waals surface area contributed by atoms with Gasteiger partial charge in [-0.3, -0.25) is 9.69 Å². The summed E-state index contributed by atoms with van der Waals surface area (Å²) >= 11 is 0. The molecule has 0 N–H and O–H groups in total. The Hall–Kier alpha value is -1.35. The number of hydrogen-bond acceptors (Lipinski definition) is 3.